The molecule has 1 N–H and O–H groups in total. The number of benzene rings is 1. The molecule has 1 aromatic rings. The lowest BCUT2D eigenvalue weighted by Gasteiger charge is -2.13. The van der Waals surface area contributed by atoms with Crippen molar-refractivity contribution < 1.29 is 13.5 Å². The van der Waals surface area contributed by atoms with Crippen LogP contribution in [-0.2, 0) is 11.3 Å². The fourth-order valence-electron chi connectivity index (χ4n) is 2.42. The molecule has 1 aliphatic rings. The summed E-state index contributed by atoms with van der Waals surface area (Å²) in [6.07, 6.45) is 0.651. The lowest BCUT2D eigenvalue weighted by molar-refractivity contribution is 0.00556. The summed E-state index contributed by atoms with van der Waals surface area (Å²) in [5, 5.41) is 3.23. The average molecular weight is 255 g/mol. The zero-order valence-corrected chi connectivity index (χ0v) is 10.6. The summed E-state index contributed by atoms with van der Waals surface area (Å²) in [6, 6.07) is 7.88. The van der Waals surface area contributed by atoms with Gasteiger partial charge in [0, 0.05) is 32.2 Å². The Balaban J connectivity index is 1.85. The molecular weight excluding hydrogens is 236 g/mol. The van der Waals surface area contributed by atoms with Crippen LogP contribution in [0, 0.1) is 5.92 Å². The lowest BCUT2D eigenvalue weighted by atomic mass is 10.1. The van der Waals surface area contributed by atoms with Crippen LogP contribution in [0.25, 0.3) is 0 Å². The van der Waals surface area contributed by atoms with Crippen LogP contribution in [0.4, 0.5) is 14.5 Å². The van der Waals surface area contributed by atoms with Crippen molar-refractivity contribution in [2.75, 3.05) is 19.0 Å². The summed E-state index contributed by atoms with van der Waals surface area (Å²) in [7, 11) is 1.65. The van der Waals surface area contributed by atoms with Gasteiger partial charge in [-0.2, -0.15) is 0 Å². The Hall–Kier alpha value is -1.16. The molecule has 0 amide bonds. The van der Waals surface area contributed by atoms with E-state index >= 15 is 0 Å². The number of anilines is 1. The second-order valence-corrected chi connectivity index (χ2v) is 4.98. The maximum atomic E-state index is 13.0. The Morgan fingerprint density at radius 3 is 2.94 bits per heavy atom. The van der Waals surface area contributed by atoms with E-state index in [2.05, 4.69) is 5.32 Å². The smallest absolute Gasteiger partial charge is 0.248 e. The van der Waals surface area contributed by atoms with E-state index in [1.165, 1.54) is 0 Å². The molecule has 18 heavy (non-hydrogen) atoms. The SMILES string of the molecule is COCc1cccc(NCC2CCC(F)(F)C2)c1. The Kier molecular flexibility index (Phi) is 4.17. The molecule has 0 saturated heterocycles. The highest BCUT2D eigenvalue weighted by molar-refractivity contribution is 5.45. The first kappa shape index (κ1) is 13.3. The normalized spacial score (nSPS) is 22.1. The summed E-state index contributed by atoms with van der Waals surface area (Å²) in [6.45, 7) is 1.18. The van der Waals surface area contributed by atoms with Crippen LogP contribution in [0.5, 0.6) is 0 Å². The molecule has 0 heterocycles. The molecule has 2 rings (SSSR count). The molecule has 0 bridgehead atoms. The van der Waals surface area contributed by atoms with Gasteiger partial charge in [-0.05, 0) is 30.0 Å². The number of rotatable bonds is 5. The summed E-state index contributed by atoms with van der Waals surface area (Å²) in [5.41, 5.74) is 2.05. The van der Waals surface area contributed by atoms with Crippen molar-refractivity contribution in [3.05, 3.63) is 29.8 Å². The predicted molar refractivity (Wildman–Crippen MR) is 67.9 cm³/mol. The largest absolute Gasteiger partial charge is 0.385 e. The highest BCUT2D eigenvalue weighted by atomic mass is 19.3. The van der Waals surface area contributed by atoms with Gasteiger partial charge in [-0.25, -0.2) is 8.78 Å². The minimum atomic E-state index is -2.45. The first-order chi connectivity index (χ1) is 8.59. The van der Waals surface area contributed by atoms with Gasteiger partial charge in [0.15, 0.2) is 0 Å². The van der Waals surface area contributed by atoms with Crippen molar-refractivity contribution in [1.82, 2.24) is 0 Å². The molecule has 0 aromatic heterocycles. The molecule has 2 nitrogen and oxygen atoms in total. The highest BCUT2D eigenvalue weighted by Gasteiger charge is 2.38. The summed E-state index contributed by atoms with van der Waals surface area (Å²) in [4.78, 5) is 0. The van der Waals surface area contributed by atoms with E-state index in [1.807, 2.05) is 24.3 Å². The molecule has 1 saturated carbocycles. The Morgan fingerprint density at radius 2 is 2.28 bits per heavy atom. The number of hydrogen-bond acceptors (Lipinski definition) is 2. The number of hydrogen-bond donors (Lipinski definition) is 1. The molecule has 0 spiro atoms. The third-order valence-electron chi connectivity index (χ3n) is 3.34. The van der Waals surface area contributed by atoms with Crippen LogP contribution in [0.3, 0.4) is 0 Å². The topological polar surface area (TPSA) is 21.3 Å². The molecule has 1 atom stereocenters. The molecule has 0 radical (unpaired) electrons. The maximum absolute atomic E-state index is 13.0. The first-order valence-electron chi connectivity index (χ1n) is 6.29. The van der Waals surface area contributed by atoms with E-state index in [1.54, 1.807) is 7.11 Å². The molecule has 1 unspecified atom stereocenters. The van der Waals surface area contributed by atoms with E-state index in [0.29, 0.717) is 19.6 Å². The van der Waals surface area contributed by atoms with Crippen molar-refractivity contribution in [2.24, 2.45) is 5.92 Å². The van der Waals surface area contributed by atoms with Gasteiger partial charge in [0.2, 0.25) is 5.92 Å². The molecule has 1 fully saturated rings. The lowest BCUT2D eigenvalue weighted by Crippen LogP contribution is -2.15. The fourth-order valence-corrected chi connectivity index (χ4v) is 2.42. The van der Waals surface area contributed by atoms with Gasteiger partial charge in [0.25, 0.3) is 0 Å². The molecule has 4 heteroatoms. The first-order valence-corrected chi connectivity index (χ1v) is 6.29. The minimum Gasteiger partial charge on any atom is -0.385 e. The quantitative estimate of drug-likeness (QED) is 0.866. The van der Waals surface area contributed by atoms with Gasteiger partial charge >= 0.3 is 0 Å². The van der Waals surface area contributed by atoms with Gasteiger partial charge in [0.05, 0.1) is 6.61 Å². The van der Waals surface area contributed by atoms with Crippen LogP contribution in [0.2, 0.25) is 0 Å². The Morgan fingerprint density at radius 1 is 1.44 bits per heavy atom. The van der Waals surface area contributed by atoms with Gasteiger partial charge in [-0.15, -0.1) is 0 Å². The molecular formula is C14H19F2NO. The van der Waals surface area contributed by atoms with Crippen molar-refractivity contribution in [3.8, 4) is 0 Å². The van der Waals surface area contributed by atoms with Crippen LogP contribution in [0.15, 0.2) is 24.3 Å². The van der Waals surface area contributed by atoms with Crippen LogP contribution in [-0.4, -0.2) is 19.6 Å². The third kappa shape index (κ3) is 3.67. The standard InChI is InChI=1S/C14H19F2NO/c1-18-10-11-3-2-4-13(7-11)17-9-12-5-6-14(15,16)8-12/h2-4,7,12,17H,5-6,8-10H2,1H3. The third-order valence-corrected chi connectivity index (χ3v) is 3.34. The van der Waals surface area contributed by atoms with Crippen molar-refractivity contribution >= 4 is 5.69 Å². The summed E-state index contributed by atoms with van der Waals surface area (Å²) in [5.74, 6) is -2.38. The number of nitrogens with one attached hydrogen (secondary N) is 1. The van der Waals surface area contributed by atoms with Crippen LogP contribution < -0.4 is 5.32 Å². The van der Waals surface area contributed by atoms with Gasteiger partial charge in [-0.1, -0.05) is 12.1 Å². The highest BCUT2D eigenvalue weighted by Crippen LogP contribution is 2.38. The Labute approximate surface area is 106 Å². The van der Waals surface area contributed by atoms with Gasteiger partial charge < -0.3 is 10.1 Å². The summed E-state index contributed by atoms with van der Waals surface area (Å²) < 4.78 is 31.1. The van der Waals surface area contributed by atoms with Crippen molar-refractivity contribution in [2.45, 2.75) is 31.8 Å². The van der Waals surface area contributed by atoms with Crippen molar-refractivity contribution in [3.63, 3.8) is 0 Å². The number of halogens is 2. The van der Waals surface area contributed by atoms with E-state index < -0.39 is 5.92 Å². The maximum Gasteiger partial charge on any atom is 0.248 e. The van der Waals surface area contributed by atoms with Gasteiger partial charge in [0.1, 0.15) is 0 Å². The number of ether oxygens (including phenoxy) is 1. The van der Waals surface area contributed by atoms with Crippen LogP contribution >= 0.6 is 0 Å². The number of alkyl halides is 2. The second kappa shape index (κ2) is 5.65. The van der Waals surface area contributed by atoms with Crippen LogP contribution in [0.1, 0.15) is 24.8 Å². The fraction of sp³-hybridized carbons (Fsp3) is 0.571. The number of methoxy groups -OCH3 is 1. The van der Waals surface area contributed by atoms with E-state index in [0.717, 1.165) is 11.3 Å². The zero-order valence-electron chi connectivity index (χ0n) is 10.6. The molecule has 1 aromatic carbocycles. The van der Waals surface area contributed by atoms with Gasteiger partial charge in [-0.3, -0.25) is 0 Å². The van der Waals surface area contributed by atoms with E-state index in [9.17, 15) is 8.78 Å². The summed E-state index contributed by atoms with van der Waals surface area (Å²) >= 11 is 0. The molecule has 1 aliphatic carbocycles. The average Bonchev–Trinajstić information content (AvgIpc) is 2.68. The minimum absolute atomic E-state index is 0.0117. The second-order valence-electron chi connectivity index (χ2n) is 4.98. The van der Waals surface area contributed by atoms with E-state index in [-0.39, 0.29) is 18.8 Å². The Bertz CT molecular complexity index is 395. The molecule has 0 aliphatic heterocycles. The monoisotopic (exact) mass is 255 g/mol. The van der Waals surface area contributed by atoms with E-state index in [4.69, 9.17) is 4.74 Å². The molecule has 100 valence electrons. The predicted octanol–water partition coefficient (Wildman–Crippen LogP) is 3.68. The van der Waals surface area contributed by atoms with Crippen molar-refractivity contribution in [1.29, 1.82) is 0 Å². The zero-order chi connectivity index (χ0) is 13.0.